The van der Waals surface area contributed by atoms with Crippen molar-refractivity contribution >= 4 is 34.1 Å². The Labute approximate surface area is 196 Å². The van der Waals surface area contributed by atoms with E-state index in [0.29, 0.717) is 48.7 Å². The van der Waals surface area contributed by atoms with E-state index in [1.807, 2.05) is 25.1 Å². The number of H-pyrrole nitrogens is 2. The average Bonchev–Trinajstić information content (AvgIpc) is 3.55. The lowest BCUT2D eigenvalue weighted by atomic mass is 10.3. The SMILES string of the molecule is CCN(CCOC(=O)c1cc2occc2[nH]1)CCc1cc2[nH]c(C(=O)OCCN(C)C)cc2o1. The van der Waals surface area contributed by atoms with Crippen LogP contribution in [0.1, 0.15) is 33.7 Å². The molecule has 10 heteroatoms. The van der Waals surface area contributed by atoms with E-state index in [2.05, 4.69) is 21.8 Å². The van der Waals surface area contributed by atoms with Crippen LogP contribution in [0.5, 0.6) is 0 Å². The molecule has 4 heterocycles. The fraction of sp³-hybridized carbons (Fsp3) is 0.417. The number of aromatic nitrogens is 2. The van der Waals surface area contributed by atoms with Crippen LogP contribution in [0, 0.1) is 0 Å². The minimum absolute atomic E-state index is 0.283. The van der Waals surface area contributed by atoms with Crippen LogP contribution in [0.25, 0.3) is 22.2 Å². The van der Waals surface area contributed by atoms with Crippen molar-refractivity contribution in [2.45, 2.75) is 13.3 Å². The Balaban J connectivity index is 1.22. The number of hydrogen-bond acceptors (Lipinski definition) is 8. The van der Waals surface area contributed by atoms with Crippen LogP contribution in [0.2, 0.25) is 0 Å². The molecule has 0 atom stereocenters. The van der Waals surface area contributed by atoms with Crippen molar-refractivity contribution in [3.8, 4) is 0 Å². The molecule has 0 saturated carbocycles. The molecule has 0 radical (unpaired) electrons. The van der Waals surface area contributed by atoms with E-state index in [9.17, 15) is 9.59 Å². The molecule has 4 aromatic heterocycles. The van der Waals surface area contributed by atoms with Crippen molar-refractivity contribution in [1.82, 2.24) is 19.8 Å². The lowest BCUT2D eigenvalue weighted by Gasteiger charge is -2.19. The third-order valence-electron chi connectivity index (χ3n) is 5.57. The van der Waals surface area contributed by atoms with Crippen molar-refractivity contribution in [3.63, 3.8) is 0 Å². The monoisotopic (exact) mass is 470 g/mol. The molecule has 0 fully saturated rings. The van der Waals surface area contributed by atoms with Crippen LogP contribution >= 0.6 is 0 Å². The second kappa shape index (κ2) is 10.6. The molecule has 0 aliphatic carbocycles. The Bertz CT molecular complexity index is 1190. The van der Waals surface area contributed by atoms with Crippen LogP contribution in [0.4, 0.5) is 0 Å². The van der Waals surface area contributed by atoms with Gasteiger partial charge >= 0.3 is 11.9 Å². The first-order valence-corrected chi connectivity index (χ1v) is 11.3. The highest BCUT2D eigenvalue weighted by molar-refractivity contribution is 5.93. The smallest absolute Gasteiger partial charge is 0.354 e. The van der Waals surface area contributed by atoms with Gasteiger partial charge in [0.15, 0.2) is 11.2 Å². The van der Waals surface area contributed by atoms with Gasteiger partial charge in [0.2, 0.25) is 0 Å². The van der Waals surface area contributed by atoms with Gasteiger partial charge in [-0.3, -0.25) is 4.90 Å². The van der Waals surface area contributed by atoms with E-state index in [0.717, 1.165) is 29.9 Å². The number of rotatable bonds is 12. The van der Waals surface area contributed by atoms with Crippen LogP contribution in [0.15, 0.2) is 39.4 Å². The van der Waals surface area contributed by atoms with Gasteiger partial charge in [0, 0.05) is 50.3 Å². The zero-order valence-electron chi connectivity index (χ0n) is 19.7. The quantitative estimate of drug-likeness (QED) is 0.303. The summed E-state index contributed by atoms with van der Waals surface area (Å²) in [4.78, 5) is 34.5. The summed E-state index contributed by atoms with van der Waals surface area (Å²) in [5.41, 5.74) is 3.55. The number of furan rings is 2. The predicted octanol–water partition coefficient (Wildman–Crippen LogP) is 3.28. The second-order valence-corrected chi connectivity index (χ2v) is 8.31. The van der Waals surface area contributed by atoms with Crippen LogP contribution < -0.4 is 0 Å². The summed E-state index contributed by atoms with van der Waals surface area (Å²) in [6, 6.07) is 6.98. The molecule has 2 N–H and O–H groups in total. The fourth-order valence-corrected chi connectivity index (χ4v) is 3.61. The Morgan fingerprint density at radius 2 is 1.59 bits per heavy atom. The van der Waals surface area contributed by atoms with Crippen molar-refractivity contribution < 1.29 is 27.9 Å². The summed E-state index contributed by atoms with van der Waals surface area (Å²) in [5, 5.41) is 0. The van der Waals surface area contributed by atoms with Gasteiger partial charge in [0.1, 0.15) is 30.4 Å². The summed E-state index contributed by atoms with van der Waals surface area (Å²) in [6.45, 7) is 5.51. The number of carbonyl (C=O) groups is 2. The summed E-state index contributed by atoms with van der Waals surface area (Å²) in [7, 11) is 3.84. The molecule has 182 valence electrons. The third-order valence-corrected chi connectivity index (χ3v) is 5.57. The third kappa shape index (κ3) is 5.70. The minimum Gasteiger partial charge on any atom is -0.463 e. The van der Waals surface area contributed by atoms with E-state index in [1.54, 1.807) is 24.5 Å². The van der Waals surface area contributed by atoms with E-state index in [-0.39, 0.29) is 6.61 Å². The number of fused-ring (bicyclic) bond motifs is 2. The van der Waals surface area contributed by atoms with Gasteiger partial charge in [-0.15, -0.1) is 0 Å². The van der Waals surface area contributed by atoms with Crippen molar-refractivity contribution in [2.24, 2.45) is 0 Å². The highest BCUT2D eigenvalue weighted by Gasteiger charge is 2.16. The molecule has 0 spiro atoms. The molecule has 34 heavy (non-hydrogen) atoms. The number of likely N-dealkylation sites (N-methyl/N-ethyl adjacent to an activating group) is 2. The minimum atomic E-state index is -0.404. The van der Waals surface area contributed by atoms with E-state index in [1.165, 1.54) is 0 Å². The Morgan fingerprint density at radius 1 is 0.912 bits per heavy atom. The Kier molecular flexibility index (Phi) is 7.39. The number of aromatic amines is 2. The van der Waals surface area contributed by atoms with Gasteiger partial charge in [0.05, 0.1) is 17.3 Å². The van der Waals surface area contributed by atoms with Crippen LogP contribution in [-0.2, 0) is 15.9 Å². The lowest BCUT2D eigenvalue weighted by Crippen LogP contribution is -2.30. The van der Waals surface area contributed by atoms with Gasteiger partial charge in [-0.2, -0.15) is 0 Å². The highest BCUT2D eigenvalue weighted by atomic mass is 16.5. The zero-order valence-corrected chi connectivity index (χ0v) is 19.7. The first kappa shape index (κ1) is 23.7. The maximum Gasteiger partial charge on any atom is 0.354 e. The number of hydrogen-bond donors (Lipinski definition) is 2. The number of carbonyl (C=O) groups excluding carboxylic acids is 2. The standard InChI is InChI=1S/C24H30N4O6/c1-4-28(9-12-33-23(29)19-14-21-17(25-19)6-10-31-21)7-5-16-13-18-22(34-16)15-20(26-18)24(30)32-11-8-27(2)3/h6,10,13-15,25-26H,4-5,7-9,11-12H2,1-3H3. The molecule has 0 bridgehead atoms. The van der Waals surface area contributed by atoms with Crippen LogP contribution in [-0.4, -0.2) is 85.2 Å². The predicted molar refractivity (Wildman–Crippen MR) is 126 cm³/mol. The summed E-state index contributed by atoms with van der Waals surface area (Å²) >= 11 is 0. The molecule has 4 rings (SSSR count). The fourth-order valence-electron chi connectivity index (χ4n) is 3.61. The first-order chi connectivity index (χ1) is 16.4. The summed E-state index contributed by atoms with van der Waals surface area (Å²) in [6.07, 6.45) is 2.26. The summed E-state index contributed by atoms with van der Waals surface area (Å²) in [5.74, 6) is 0.0199. The van der Waals surface area contributed by atoms with Crippen molar-refractivity contribution in [3.05, 3.63) is 47.7 Å². The van der Waals surface area contributed by atoms with Gasteiger partial charge in [-0.1, -0.05) is 6.92 Å². The molecule has 0 unspecified atom stereocenters. The maximum absolute atomic E-state index is 12.2. The van der Waals surface area contributed by atoms with E-state index in [4.69, 9.17) is 18.3 Å². The lowest BCUT2D eigenvalue weighted by molar-refractivity contribution is 0.0455. The Hall–Kier alpha value is -3.50. The number of nitrogens with one attached hydrogen (secondary N) is 2. The molecule has 0 aromatic carbocycles. The number of esters is 2. The zero-order chi connectivity index (χ0) is 24.1. The molecule has 0 aliphatic heterocycles. The molecule has 0 saturated heterocycles. The normalized spacial score (nSPS) is 11.8. The molecular formula is C24H30N4O6. The summed E-state index contributed by atoms with van der Waals surface area (Å²) < 4.78 is 21.8. The van der Waals surface area contributed by atoms with E-state index < -0.39 is 11.9 Å². The molecular weight excluding hydrogens is 440 g/mol. The van der Waals surface area contributed by atoms with E-state index >= 15 is 0 Å². The topological polar surface area (TPSA) is 117 Å². The molecule has 10 nitrogen and oxygen atoms in total. The van der Waals surface area contributed by atoms with Crippen molar-refractivity contribution in [1.29, 1.82) is 0 Å². The molecule has 0 amide bonds. The highest BCUT2D eigenvalue weighted by Crippen LogP contribution is 2.21. The molecule has 4 aromatic rings. The largest absolute Gasteiger partial charge is 0.463 e. The second-order valence-electron chi connectivity index (χ2n) is 8.31. The first-order valence-electron chi connectivity index (χ1n) is 11.3. The van der Waals surface area contributed by atoms with Crippen LogP contribution in [0.3, 0.4) is 0 Å². The van der Waals surface area contributed by atoms with Gasteiger partial charge in [-0.25, -0.2) is 9.59 Å². The molecule has 0 aliphatic rings. The maximum atomic E-state index is 12.2. The van der Waals surface area contributed by atoms with Gasteiger partial charge in [-0.05, 0) is 20.6 Å². The number of ether oxygens (including phenoxy) is 2. The van der Waals surface area contributed by atoms with Gasteiger partial charge in [0.25, 0.3) is 0 Å². The average molecular weight is 471 g/mol. The van der Waals surface area contributed by atoms with Crippen molar-refractivity contribution in [2.75, 3.05) is 53.5 Å². The van der Waals surface area contributed by atoms with Gasteiger partial charge < -0.3 is 33.2 Å². The Morgan fingerprint density at radius 3 is 2.24 bits per heavy atom. The number of nitrogens with zero attached hydrogens (tertiary/aromatic N) is 2.